The summed E-state index contributed by atoms with van der Waals surface area (Å²) in [5.41, 5.74) is 0. The molecule has 0 aliphatic rings. The van der Waals surface area contributed by atoms with E-state index in [1.165, 1.54) is 327 Å². The van der Waals surface area contributed by atoms with Crippen LogP contribution >= 0.6 is 0 Å². The van der Waals surface area contributed by atoms with Gasteiger partial charge in [-0.25, -0.2) is 0 Å². The second-order valence-corrected chi connectivity index (χ2v) is 25.3. The van der Waals surface area contributed by atoms with Crippen molar-refractivity contribution in [1.29, 1.82) is 0 Å². The molecule has 2 unspecified atom stereocenters. The Bertz CT molecular complexity index is 1250. The minimum atomic E-state index is -0.659. The molecule has 0 aromatic heterocycles. The average molecular weight is 1130 g/mol. The van der Waals surface area contributed by atoms with Crippen molar-refractivity contribution in [3.05, 3.63) is 24.3 Å². The van der Waals surface area contributed by atoms with E-state index >= 15 is 0 Å². The van der Waals surface area contributed by atoms with Crippen molar-refractivity contribution >= 4 is 11.9 Å². The SMILES string of the molecule is CCCCCC/C=C\C/C=C\CCCCCCCC(=O)OCCCCCCCCCCCCCCCCCCCCCCCCCCCCCCCCCCCCCC(=O)NC(CO)C(O)CCCCCCCCCCCCCC. The van der Waals surface area contributed by atoms with Gasteiger partial charge in [0, 0.05) is 12.8 Å². The van der Waals surface area contributed by atoms with E-state index < -0.39 is 12.1 Å². The molecule has 2 atom stereocenters. The third-order valence-corrected chi connectivity index (χ3v) is 17.3. The molecule has 6 nitrogen and oxygen atoms in total. The summed E-state index contributed by atoms with van der Waals surface area (Å²) >= 11 is 0. The van der Waals surface area contributed by atoms with Crippen molar-refractivity contribution in [3.63, 3.8) is 0 Å². The molecule has 1 amide bonds. The van der Waals surface area contributed by atoms with E-state index in [0.717, 1.165) is 51.4 Å². The first-order valence-electron chi connectivity index (χ1n) is 36.6. The molecule has 3 N–H and O–H groups in total. The van der Waals surface area contributed by atoms with Crippen molar-refractivity contribution in [2.45, 2.75) is 424 Å². The van der Waals surface area contributed by atoms with Crippen LogP contribution in [0.15, 0.2) is 24.3 Å². The van der Waals surface area contributed by atoms with Crippen LogP contribution in [0.2, 0.25) is 0 Å². The zero-order chi connectivity index (χ0) is 57.8. The van der Waals surface area contributed by atoms with E-state index in [9.17, 15) is 19.8 Å². The first kappa shape index (κ1) is 78.3. The Morgan fingerprint density at radius 3 is 0.963 bits per heavy atom. The van der Waals surface area contributed by atoms with Crippen LogP contribution in [0.1, 0.15) is 412 Å². The van der Waals surface area contributed by atoms with Gasteiger partial charge in [0.25, 0.3) is 0 Å². The highest BCUT2D eigenvalue weighted by Gasteiger charge is 2.20. The van der Waals surface area contributed by atoms with E-state index in [1.807, 2.05) is 0 Å². The number of hydrogen-bond acceptors (Lipinski definition) is 5. The minimum Gasteiger partial charge on any atom is -0.466 e. The van der Waals surface area contributed by atoms with Gasteiger partial charge in [0.05, 0.1) is 25.4 Å². The molecule has 0 aliphatic carbocycles. The van der Waals surface area contributed by atoms with Crippen molar-refractivity contribution in [1.82, 2.24) is 5.32 Å². The molecule has 0 heterocycles. The van der Waals surface area contributed by atoms with Crippen LogP contribution in [0.4, 0.5) is 0 Å². The number of nitrogens with one attached hydrogen (secondary N) is 1. The van der Waals surface area contributed by atoms with E-state index in [4.69, 9.17) is 4.74 Å². The quantitative estimate of drug-likeness (QED) is 0.0320. The summed E-state index contributed by atoms with van der Waals surface area (Å²) < 4.78 is 5.50. The molecular formula is C74H143NO5. The van der Waals surface area contributed by atoms with Crippen LogP contribution in [0.25, 0.3) is 0 Å². The van der Waals surface area contributed by atoms with Gasteiger partial charge in [0.2, 0.25) is 5.91 Å². The lowest BCUT2D eigenvalue weighted by Crippen LogP contribution is -2.45. The molecule has 0 saturated carbocycles. The van der Waals surface area contributed by atoms with E-state index in [2.05, 4.69) is 43.5 Å². The monoisotopic (exact) mass is 1130 g/mol. The van der Waals surface area contributed by atoms with Gasteiger partial charge in [-0.1, -0.05) is 366 Å². The first-order chi connectivity index (χ1) is 39.5. The maximum absolute atomic E-state index is 12.5. The molecule has 0 aromatic rings. The fourth-order valence-corrected chi connectivity index (χ4v) is 11.7. The molecule has 0 rings (SSSR count). The molecule has 6 heteroatoms. The Hall–Kier alpha value is -1.66. The van der Waals surface area contributed by atoms with Gasteiger partial charge < -0.3 is 20.3 Å². The van der Waals surface area contributed by atoms with Gasteiger partial charge in [-0.2, -0.15) is 0 Å². The summed E-state index contributed by atoms with van der Waals surface area (Å²) in [4.78, 5) is 24.6. The lowest BCUT2D eigenvalue weighted by Gasteiger charge is -2.22. The highest BCUT2D eigenvalue weighted by atomic mass is 16.5. The summed E-state index contributed by atoms with van der Waals surface area (Å²) in [6.45, 7) is 4.96. The standard InChI is InChI=1S/C74H143NO5/c1-3-5-7-9-11-13-15-17-18-41-44-48-52-56-60-64-68-74(79)80-69-65-61-57-53-49-45-42-39-37-35-33-31-29-27-25-23-21-19-20-22-24-26-28-30-32-34-36-38-40-43-47-51-55-59-63-67-73(78)75-71(70-76)72(77)66-62-58-54-50-46-16-14-12-10-8-6-4-2/h13,15,18,41,71-72,76-77H,3-12,14,16-17,19-40,42-70H2,1-2H3,(H,75,78)/b15-13-,41-18-. The topological polar surface area (TPSA) is 95.9 Å². The number of ether oxygens (including phenoxy) is 1. The number of hydrogen-bond donors (Lipinski definition) is 3. The number of aliphatic hydroxyl groups excluding tert-OH is 2. The number of amides is 1. The Balaban J connectivity index is 3.29. The molecular weight excluding hydrogens is 983 g/mol. The van der Waals surface area contributed by atoms with Gasteiger partial charge in [0.1, 0.15) is 0 Å². The van der Waals surface area contributed by atoms with E-state index in [1.54, 1.807) is 0 Å². The van der Waals surface area contributed by atoms with Gasteiger partial charge in [0.15, 0.2) is 0 Å². The van der Waals surface area contributed by atoms with Crippen LogP contribution in [-0.4, -0.2) is 47.4 Å². The second kappa shape index (κ2) is 69.8. The third kappa shape index (κ3) is 65.5. The average Bonchev–Trinajstić information content (AvgIpc) is 3.46. The Kier molecular flexibility index (Phi) is 68.4. The number of allylic oxidation sites excluding steroid dienone is 4. The molecule has 80 heavy (non-hydrogen) atoms. The van der Waals surface area contributed by atoms with Gasteiger partial charge in [-0.3, -0.25) is 9.59 Å². The Morgan fingerprint density at radius 1 is 0.350 bits per heavy atom. The lowest BCUT2D eigenvalue weighted by atomic mass is 10.0. The van der Waals surface area contributed by atoms with E-state index in [-0.39, 0.29) is 18.5 Å². The summed E-state index contributed by atoms with van der Waals surface area (Å²) in [6, 6.07) is -0.536. The third-order valence-electron chi connectivity index (χ3n) is 17.3. The van der Waals surface area contributed by atoms with Crippen molar-refractivity contribution in [3.8, 4) is 0 Å². The van der Waals surface area contributed by atoms with Crippen molar-refractivity contribution < 1.29 is 24.5 Å². The van der Waals surface area contributed by atoms with Crippen LogP contribution in [-0.2, 0) is 14.3 Å². The van der Waals surface area contributed by atoms with Crippen LogP contribution in [0.3, 0.4) is 0 Å². The number of carbonyl (C=O) groups is 2. The number of rotatable bonds is 69. The summed E-state index contributed by atoms with van der Waals surface area (Å²) in [6.07, 6.45) is 88.3. The fourth-order valence-electron chi connectivity index (χ4n) is 11.7. The zero-order valence-corrected chi connectivity index (χ0v) is 54.3. The number of unbranched alkanes of at least 4 members (excludes halogenated alkanes) is 54. The second-order valence-electron chi connectivity index (χ2n) is 25.3. The predicted molar refractivity (Wildman–Crippen MR) is 352 cm³/mol. The largest absolute Gasteiger partial charge is 0.466 e. The highest BCUT2D eigenvalue weighted by Crippen LogP contribution is 2.19. The smallest absolute Gasteiger partial charge is 0.305 e. The molecule has 0 aromatic carbocycles. The molecule has 0 saturated heterocycles. The first-order valence-corrected chi connectivity index (χ1v) is 36.6. The summed E-state index contributed by atoms with van der Waals surface area (Å²) in [5.74, 6) is -0.0183. The summed E-state index contributed by atoms with van der Waals surface area (Å²) in [5, 5.41) is 23.3. The van der Waals surface area contributed by atoms with Crippen molar-refractivity contribution in [2.24, 2.45) is 0 Å². The van der Waals surface area contributed by atoms with Crippen molar-refractivity contribution in [2.75, 3.05) is 13.2 Å². The molecule has 0 aliphatic heterocycles. The van der Waals surface area contributed by atoms with E-state index in [0.29, 0.717) is 25.9 Å². The Morgan fingerprint density at radius 2 is 0.625 bits per heavy atom. The normalized spacial score (nSPS) is 12.6. The van der Waals surface area contributed by atoms with Crippen LogP contribution in [0, 0.1) is 0 Å². The summed E-state index contributed by atoms with van der Waals surface area (Å²) in [7, 11) is 0. The van der Waals surface area contributed by atoms with Crippen LogP contribution < -0.4 is 5.32 Å². The molecule has 0 fully saturated rings. The lowest BCUT2D eigenvalue weighted by molar-refractivity contribution is -0.143. The number of carbonyl (C=O) groups excluding carboxylic acids is 2. The fraction of sp³-hybridized carbons (Fsp3) is 0.919. The van der Waals surface area contributed by atoms with Crippen LogP contribution in [0.5, 0.6) is 0 Å². The number of aliphatic hydroxyl groups is 2. The van der Waals surface area contributed by atoms with Gasteiger partial charge in [-0.15, -0.1) is 0 Å². The Labute approximate surface area is 501 Å². The zero-order valence-electron chi connectivity index (χ0n) is 54.3. The maximum atomic E-state index is 12.5. The molecule has 474 valence electrons. The number of esters is 1. The van der Waals surface area contributed by atoms with Gasteiger partial charge >= 0.3 is 5.97 Å². The molecule has 0 radical (unpaired) electrons. The predicted octanol–water partition coefficient (Wildman–Crippen LogP) is 23.7. The maximum Gasteiger partial charge on any atom is 0.305 e. The molecule has 0 spiro atoms. The molecule has 0 bridgehead atoms. The highest BCUT2D eigenvalue weighted by molar-refractivity contribution is 5.76. The minimum absolute atomic E-state index is 0.00965. The van der Waals surface area contributed by atoms with Gasteiger partial charge in [-0.05, 0) is 57.8 Å².